The monoisotopic (exact) mass is 471 g/mol. The van der Waals surface area contributed by atoms with E-state index in [4.69, 9.17) is 4.74 Å². The van der Waals surface area contributed by atoms with Gasteiger partial charge in [0.05, 0.1) is 12.1 Å². The number of nitrogens with zero attached hydrogens (tertiary/aromatic N) is 4. The SMILES string of the molecule is Cc1ccc(N2C[C@]3(CCCN(C(=O)c4cccc(Nc5ncccn5)c4)CC3)OCC2=O)cc1. The summed E-state index contributed by atoms with van der Waals surface area (Å²) in [6.45, 7) is 3.84. The summed E-state index contributed by atoms with van der Waals surface area (Å²) >= 11 is 0. The van der Waals surface area contributed by atoms with E-state index in [1.165, 1.54) is 0 Å². The second kappa shape index (κ2) is 9.84. The van der Waals surface area contributed by atoms with Gasteiger partial charge in [0.25, 0.3) is 11.8 Å². The number of benzene rings is 2. The number of hydrogen-bond donors (Lipinski definition) is 1. The van der Waals surface area contributed by atoms with Gasteiger partial charge in [-0.15, -0.1) is 0 Å². The molecule has 1 N–H and O–H groups in total. The Hall–Kier alpha value is -3.78. The number of aryl methyl sites for hydroxylation is 1. The molecule has 180 valence electrons. The Morgan fingerprint density at radius 3 is 2.63 bits per heavy atom. The molecule has 0 saturated carbocycles. The minimum absolute atomic E-state index is 0.0121. The van der Waals surface area contributed by atoms with Gasteiger partial charge in [0.1, 0.15) is 6.61 Å². The Morgan fingerprint density at radius 2 is 1.83 bits per heavy atom. The second-order valence-corrected chi connectivity index (χ2v) is 9.21. The number of likely N-dealkylation sites (tertiary alicyclic amines) is 1. The Balaban J connectivity index is 1.27. The molecule has 35 heavy (non-hydrogen) atoms. The van der Waals surface area contributed by atoms with E-state index >= 15 is 0 Å². The van der Waals surface area contributed by atoms with Gasteiger partial charge in [-0.2, -0.15) is 0 Å². The van der Waals surface area contributed by atoms with Crippen molar-refractivity contribution in [1.29, 1.82) is 0 Å². The molecule has 0 aliphatic carbocycles. The van der Waals surface area contributed by atoms with Gasteiger partial charge >= 0.3 is 0 Å². The van der Waals surface area contributed by atoms with Crippen LogP contribution >= 0.6 is 0 Å². The van der Waals surface area contributed by atoms with Gasteiger partial charge in [-0.3, -0.25) is 9.59 Å². The van der Waals surface area contributed by atoms with Gasteiger partial charge in [-0.05, 0) is 62.6 Å². The van der Waals surface area contributed by atoms with Crippen LogP contribution in [0.2, 0.25) is 0 Å². The summed E-state index contributed by atoms with van der Waals surface area (Å²) in [5.74, 6) is 0.446. The zero-order valence-electron chi connectivity index (χ0n) is 19.8. The number of nitrogens with one attached hydrogen (secondary N) is 1. The largest absolute Gasteiger partial charge is 0.363 e. The summed E-state index contributed by atoms with van der Waals surface area (Å²) in [4.78, 5) is 38.1. The van der Waals surface area contributed by atoms with E-state index < -0.39 is 5.60 Å². The van der Waals surface area contributed by atoms with Crippen molar-refractivity contribution in [3.63, 3.8) is 0 Å². The van der Waals surface area contributed by atoms with Crippen molar-refractivity contribution in [2.45, 2.75) is 31.8 Å². The van der Waals surface area contributed by atoms with Crippen molar-refractivity contribution in [1.82, 2.24) is 14.9 Å². The third-order valence-electron chi connectivity index (χ3n) is 6.71. The molecule has 2 saturated heterocycles. The topological polar surface area (TPSA) is 87.7 Å². The molecule has 2 aromatic carbocycles. The molecule has 5 rings (SSSR count). The van der Waals surface area contributed by atoms with Crippen molar-refractivity contribution >= 4 is 29.1 Å². The zero-order chi connectivity index (χ0) is 24.3. The third kappa shape index (κ3) is 5.17. The molecule has 8 heteroatoms. The van der Waals surface area contributed by atoms with Gasteiger partial charge in [-0.25, -0.2) is 9.97 Å². The molecule has 0 unspecified atom stereocenters. The number of carbonyl (C=O) groups excluding carboxylic acids is 2. The molecule has 1 atom stereocenters. The lowest BCUT2D eigenvalue weighted by Crippen LogP contribution is -2.55. The van der Waals surface area contributed by atoms with Gasteiger partial charge < -0.3 is 19.9 Å². The molecule has 2 amide bonds. The normalized spacial score (nSPS) is 20.5. The van der Waals surface area contributed by atoms with Crippen LogP contribution in [0.3, 0.4) is 0 Å². The number of carbonyl (C=O) groups is 2. The van der Waals surface area contributed by atoms with Gasteiger partial charge in [0, 0.05) is 42.4 Å². The van der Waals surface area contributed by atoms with Gasteiger partial charge in [-0.1, -0.05) is 23.8 Å². The van der Waals surface area contributed by atoms with Crippen molar-refractivity contribution in [3.8, 4) is 0 Å². The smallest absolute Gasteiger partial charge is 0.253 e. The van der Waals surface area contributed by atoms with Crippen LogP contribution in [-0.2, 0) is 9.53 Å². The molecule has 0 radical (unpaired) electrons. The van der Waals surface area contributed by atoms with E-state index in [-0.39, 0.29) is 18.4 Å². The van der Waals surface area contributed by atoms with E-state index in [1.54, 1.807) is 18.5 Å². The highest BCUT2D eigenvalue weighted by Gasteiger charge is 2.42. The van der Waals surface area contributed by atoms with E-state index in [9.17, 15) is 9.59 Å². The fourth-order valence-electron chi connectivity index (χ4n) is 4.75. The summed E-state index contributed by atoms with van der Waals surface area (Å²) in [6, 6.07) is 17.2. The highest BCUT2D eigenvalue weighted by Crippen LogP contribution is 2.33. The maximum absolute atomic E-state index is 13.4. The first kappa shape index (κ1) is 23.0. The standard InChI is InChI=1S/C27H29N5O3/c1-20-7-9-23(10-8-20)32-19-27(35-18-24(32)33)11-3-15-31(16-12-27)25(34)21-5-2-6-22(17-21)30-26-28-13-4-14-29-26/h2,4-10,13-14,17H,3,11-12,15-16,18-19H2,1H3,(H,28,29,30)/t27-/m1/s1. The van der Waals surface area contributed by atoms with E-state index in [2.05, 4.69) is 15.3 Å². The predicted molar refractivity (Wildman–Crippen MR) is 134 cm³/mol. The maximum Gasteiger partial charge on any atom is 0.253 e. The highest BCUT2D eigenvalue weighted by molar-refractivity contribution is 5.96. The fraction of sp³-hybridized carbons (Fsp3) is 0.333. The molecule has 2 aliphatic heterocycles. The predicted octanol–water partition coefficient (Wildman–Crippen LogP) is 3.96. The van der Waals surface area contributed by atoms with Crippen LogP contribution < -0.4 is 10.2 Å². The lowest BCUT2D eigenvalue weighted by molar-refractivity contribution is -0.140. The molecule has 2 aliphatic rings. The maximum atomic E-state index is 13.4. The molecular weight excluding hydrogens is 442 g/mol. The van der Waals surface area contributed by atoms with Crippen LogP contribution in [0.15, 0.2) is 67.0 Å². The first-order valence-corrected chi connectivity index (χ1v) is 12.0. The van der Waals surface area contributed by atoms with Crippen molar-refractivity contribution in [2.24, 2.45) is 0 Å². The lowest BCUT2D eigenvalue weighted by atomic mass is 9.92. The average Bonchev–Trinajstić information content (AvgIpc) is 3.09. The van der Waals surface area contributed by atoms with Crippen LogP contribution in [0.25, 0.3) is 0 Å². The molecule has 3 aromatic rings. The number of hydrogen-bond acceptors (Lipinski definition) is 6. The van der Waals surface area contributed by atoms with Crippen LogP contribution in [0.1, 0.15) is 35.2 Å². The molecular formula is C27H29N5O3. The Bertz CT molecular complexity index is 1200. The minimum Gasteiger partial charge on any atom is -0.363 e. The second-order valence-electron chi connectivity index (χ2n) is 9.21. The summed E-state index contributed by atoms with van der Waals surface area (Å²) in [5, 5.41) is 3.14. The Labute approximate surface area is 204 Å². The zero-order valence-corrected chi connectivity index (χ0v) is 19.8. The third-order valence-corrected chi connectivity index (χ3v) is 6.71. The lowest BCUT2D eigenvalue weighted by Gasteiger charge is -2.42. The quantitative estimate of drug-likeness (QED) is 0.620. The van der Waals surface area contributed by atoms with Crippen molar-refractivity contribution in [3.05, 3.63) is 78.1 Å². The van der Waals surface area contributed by atoms with Crippen LogP contribution in [0, 0.1) is 6.92 Å². The number of anilines is 3. The fourth-order valence-corrected chi connectivity index (χ4v) is 4.75. The molecule has 1 spiro atoms. The van der Waals surface area contributed by atoms with Gasteiger partial charge in [0.15, 0.2) is 0 Å². The van der Waals surface area contributed by atoms with Gasteiger partial charge in [0.2, 0.25) is 5.95 Å². The number of ether oxygens (including phenoxy) is 1. The van der Waals surface area contributed by atoms with E-state index in [0.29, 0.717) is 37.6 Å². The molecule has 8 nitrogen and oxygen atoms in total. The first-order chi connectivity index (χ1) is 17.0. The van der Waals surface area contributed by atoms with Crippen LogP contribution in [0.4, 0.5) is 17.3 Å². The summed E-state index contributed by atoms with van der Waals surface area (Å²) in [7, 11) is 0. The average molecular weight is 472 g/mol. The molecule has 1 aromatic heterocycles. The molecule has 0 bridgehead atoms. The first-order valence-electron chi connectivity index (χ1n) is 12.0. The summed E-state index contributed by atoms with van der Waals surface area (Å²) in [6.07, 6.45) is 5.64. The molecule has 2 fully saturated rings. The number of amides is 2. The Morgan fingerprint density at radius 1 is 1.03 bits per heavy atom. The van der Waals surface area contributed by atoms with Crippen LogP contribution in [0.5, 0.6) is 0 Å². The van der Waals surface area contributed by atoms with Crippen molar-refractivity contribution in [2.75, 3.05) is 36.5 Å². The minimum atomic E-state index is -0.443. The summed E-state index contributed by atoms with van der Waals surface area (Å²) in [5.41, 5.74) is 2.98. The Kier molecular flexibility index (Phi) is 6.46. The van der Waals surface area contributed by atoms with E-state index in [1.807, 2.05) is 65.3 Å². The highest BCUT2D eigenvalue weighted by atomic mass is 16.5. The number of aromatic nitrogens is 2. The molecule has 3 heterocycles. The van der Waals surface area contributed by atoms with Crippen LogP contribution in [-0.4, -0.2) is 58.5 Å². The van der Waals surface area contributed by atoms with E-state index in [0.717, 1.165) is 29.8 Å². The number of morpholine rings is 1. The number of rotatable bonds is 4. The summed E-state index contributed by atoms with van der Waals surface area (Å²) < 4.78 is 6.14. The van der Waals surface area contributed by atoms with Crippen molar-refractivity contribution < 1.29 is 14.3 Å².